The molecule has 3 heteroatoms. The zero-order chi connectivity index (χ0) is 8.81. The smallest absolute Gasteiger partial charge is 0.0958 e. The van der Waals surface area contributed by atoms with Gasteiger partial charge in [-0.25, -0.2) is 0 Å². The quantitative estimate of drug-likeness (QED) is 0.651. The second-order valence-electron chi connectivity index (χ2n) is 3.32. The van der Waals surface area contributed by atoms with Gasteiger partial charge in [-0.1, -0.05) is 19.8 Å². The molecule has 12 heavy (non-hydrogen) atoms. The molecule has 1 rings (SSSR count). The van der Waals surface area contributed by atoms with Crippen LogP contribution in [0.3, 0.4) is 0 Å². The fourth-order valence-corrected chi connectivity index (χ4v) is 1.43. The van der Waals surface area contributed by atoms with Crippen LogP contribution in [0.25, 0.3) is 0 Å². The summed E-state index contributed by atoms with van der Waals surface area (Å²) >= 11 is 0. The fraction of sp³-hybridized carbons (Fsp3) is 1.00. The Kier molecular flexibility index (Phi) is 4.58. The molecule has 0 amide bonds. The molecule has 0 aromatic carbocycles. The van der Waals surface area contributed by atoms with E-state index in [1.54, 1.807) is 0 Å². The maximum absolute atomic E-state index is 9.64. The molecule has 1 aliphatic heterocycles. The lowest BCUT2D eigenvalue weighted by Crippen LogP contribution is -2.45. The van der Waals surface area contributed by atoms with E-state index in [0.29, 0.717) is 0 Å². The molecular formula is C9H19NO2. The number of unbranched alkanes of at least 4 members (excludes halogenated alkanes) is 1. The predicted molar refractivity (Wildman–Crippen MR) is 48.1 cm³/mol. The maximum atomic E-state index is 9.64. The Labute approximate surface area is 74.1 Å². The first-order chi connectivity index (χ1) is 5.84. The first-order valence-electron chi connectivity index (χ1n) is 4.85. The first-order valence-corrected chi connectivity index (χ1v) is 4.85. The Balaban J connectivity index is 2.15. The van der Waals surface area contributed by atoms with E-state index in [-0.39, 0.29) is 12.2 Å². The molecule has 3 nitrogen and oxygen atoms in total. The van der Waals surface area contributed by atoms with Gasteiger partial charge in [0.05, 0.1) is 18.8 Å². The third kappa shape index (κ3) is 3.09. The van der Waals surface area contributed by atoms with Crippen molar-refractivity contribution in [3.8, 4) is 0 Å². The molecule has 1 heterocycles. The van der Waals surface area contributed by atoms with Crippen molar-refractivity contribution in [1.82, 2.24) is 5.32 Å². The highest BCUT2D eigenvalue weighted by Crippen LogP contribution is 2.09. The SMILES string of the molecule is CCCCC(O)[C@H]1CNCCO1. The van der Waals surface area contributed by atoms with Crippen LogP contribution < -0.4 is 5.32 Å². The van der Waals surface area contributed by atoms with Crippen molar-refractivity contribution in [1.29, 1.82) is 0 Å². The van der Waals surface area contributed by atoms with E-state index in [2.05, 4.69) is 12.2 Å². The molecule has 0 saturated carbocycles. The largest absolute Gasteiger partial charge is 0.390 e. The lowest BCUT2D eigenvalue weighted by Gasteiger charge is -2.27. The minimum atomic E-state index is -0.280. The van der Waals surface area contributed by atoms with Crippen LogP contribution in [0.5, 0.6) is 0 Å². The van der Waals surface area contributed by atoms with Crippen molar-refractivity contribution in [3.63, 3.8) is 0 Å². The molecule has 0 spiro atoms. The van der Waals surface area contributed by atoms with Crippen LogP contribution >= 0.6 is 0 Å². The van der Waals surface area contributed by atoms with E-state index < -0.39 is 0 Å². The summed E-state index contributed by atoms with van der Waals surface area (Å²) in [5.41, 5.74) is 0. The number of morpholine rings is 1. The van der Waals surface area contributed by atoms with Gasteiger partial charge in [0.25, 0.3) is 0 Å². The summed E-state index contributed by atoms with van der Waals surface area (Å²) in [6.45, 7) is 4.57. The molecule has 0 aliphatic carbocycles. The average Bonchev–Trinajstić information content (AvgIpc) is 2.15. The molecule has 0 bridgehead atoms. The number of nitrogens with one attached hydrogen (secondary N) is 1. The molecule has 1 unspecified atom stereocenters. The third-order valence-corrected chi connectivity index (χ3v) is 2.24. The molecular weight excluding hydrogens is 154 g/mol. The molecule has 1 aliphatic rings. The van der Waals surface area contributed by atoms with Gasteiger partial charge in [-0.3, -0.25) is 0 Å². The second kappa shape index (κ2) is 5.51. The van der Waals surface area contributed by atoms with E-state index in [0.717, 1.165) is 39.0 Å². The number of aliphatic hydroxyl groups is 1. The van der Waals surface area contributed by atoms with Gasteiger partial charge in [0, 0.05) is 13.1 Å². The minimum Gasteiger partial charge on any atom is -0.390 e. The van der Waals surface area contributed by atoms with Crippen LogP contribution in [0.4, 0.5) is 0 Å². The van der Waals surface area contributed by atoms with Gasteiger partial charge in [-0.05, 0) is 6.42 Å². The second-order valence-corrected chi connectivity index (χ2v) is 3.32. The van der Waals surface area contributed by atoms with Gasteiger partial charge >= 0.3 is 0 Å². The molecule has 1 fully saturated rings. The number of ether oxygens (including phenoxy) is 1. The minimum absolute atomic E-state index is 0.0188. The summed E-state index contributed by atoms with van der Waals surface area (Å²) in [4.78, 5) is 0. The molecule has 72 valence electrons. The van der Waals surface area contributed by atoms with Crippen LogP contribution in [0.1, 0.15) is 26.2 Å². The van der Waals surface area contributed by atoms with E-state index in [9.17, 15) is 5.11 Å². The summed E-state index contributed by atoms with van der Waals surface area (Å²) in [6, 6.07) is 0. The van der Waals surface area contributed by atoms with Crippen LogP contribution in [0, 0.1) is 0 Å². The molecule has 2 atom stereocenters. The van der Waals surface area contributed by atoms with Crippen LogP contribution in [0.2, 0.25) is 0 Å². The first kappa shape index (κ1) is 9.96. The van der Waals surface area contributed by atoms with Crippen LogP contribution in [0.15, 0.2) is 0 Å². The summed E-state index contributed by atoms with van der Waals surface area (Å²) < 4.78 is 5.42. The van der Waals surface area contributed by atoms with Crippen molar-refractivity contribution in [2.45, 2.75) is 38.4 Å². The molecule has 0 aromatic heterocycles. The van der Waals surface area contributed by atoms with Gasteiger partial charge in [-0.15, -0.1) is 0 Å². The number of aliphatic hydroxyl groups excluding tert-OH is 1. The summed E-state index contributed by atoms with van der Waals surface area (Å²) in [7, 11) is 0. The summed E-state index contributed by atoms with van der Waals surface area (Å²) in [5, 5.41) is 12.8. The lowest BCUT2D eigenvalue weighted by atomic mass is 10.1. The maximum Gasteiger partial charge on any atom is 0.0958 e. The van der Waals surface area contributed by atoms with Gasteiger partial charge in [0.1, 0.15) is 0 Å². The lowest BCUT2D eigenvalue weighted by molar-refractivity contribution is -0.0552. The van der Waals surface area contributed by atoms with Crippen molar-refractivity contribution >= 4 is 0 Å². The standard InChI is InChI=1S/C9H19NO2/c1-2-3-4-8(11)9-7-10-5-6-12-9/h8-11H,2-7H2,1H3/t8?,9-/m1/s1. The van der Waals surface area contributed by atoms with Crippen LogP contribution in [-0.2, 0) is 4.74 Å². The van der Waals surface area contributed by atoms with Crippen molar-refractivity contribution < 1.29 is 9.84 Å². The molecule has 0 radical (unpaired) electrons. The Bertz CT molecular complexity index is 113. The summed E-state index contributed by atoms with van der Waals surface area (Å²) in [6.07, 6.45) is 2.82. The van der Waals surface area contributed by atoms with Crippen molar-refractivity contribution in [3.05, 3.63) is 0 Å². The fourth-order valence-electron chi connectivity index (χ4n) is 1.43. The topological polar surface area (TPSA) is 41.5 Å². The third-order valence-electron chi connectivity index (χ3n) is 2.24. The van der Waals surface area contributed by atoms with Crippen molar-refractivity contribution in [2.75, 3.05) is 19.7 Å². The zero-order valence-corrected chi connectivity index (χ0v) is 7.75. The van der Waals surface area contributed by atoms with E-state index in [1.165, 1.54) is 0 Å². The number of hydrogen-bond acceptors (Lipinski definition) is 3. The Morgan fingerprint density at radius 1 is 1.67 bits per heavy atom. The molecule has 0 aromatic rings. The van der Waals surface area contributed by atoms with Crippen molar-refractivity contribution in [2.24, 2.45) is 0 Å². The number of hydrogen-bond donors (Lipinski definition) is 2. The van der Waals surface area contributed by atoms with E-state index in [4.69, 9.17) is 4.74 Å². The Morgan fingerprint density at radius 2 is 2.50 bits per heavy atom. The monoisotopic (exact) mass is 173 g/mol. The highest BCUT2D eigenvalue weighted by Gasteiger charge is 2.21. The molecule has 1 saturated heterocycles. The van der Waals surface area contributed by atoms with E-state index in [1.807, 2.05) is 0 Å². The highest BCUT2D eigenvalue weighted by molar-refractivity contribution is 4.74. The zero-order valence-electron chi connectivity index (χ0n) is 7.75. The van der Waals surface area contributed by atoms with Gasteiger partial charge < -0.3 is 15.2 Å². The van der Waals surface area contributed by atoms with Crippen LogP contribution in [-0.4, -0.2) is 37.0 Å². The Hall–Kier alpha value is -0.120. The van der Waals surface area contributed by atoms with Gasteiger partial charge in [0.15, 0.2) is 0 Å². The highest BCUT2D eigenvalue weighted by atomic mass is 16.5. The predicted octanol–water partition coefficient (Wildman–Crippen LogP) is 0.526. The van der Waals surface area contributed by atoms with Gasteiger partial charge in [-0.2, -0.15) is 0 Å². The normalized spacial score (nSPS) is 27.0. The van der Waals surface area contributed by atoms with E-state index >= 15 is 0 Å². The Morgan fingerprint density at radius 3 is 3.08 bits per heavy atom. The average molecular weight is 173 g/mol. The summed E-state index contributed by atoms with van der Waals surface area (Å²) in [5.74, 6) is 0. The molecule has 2 N–H and O–H groups in total. The number of rotatable bonds is 4. The van der Waals surface area contributed by atoms with Gasteiger partial charge in [0.2, 0.25) is 0 Å².